The third-order valence-electron chi connectivity index (χ3n) is 3.11. The van der Waals surface area contributed by atoms with E-state index in [1.807, 2.05) is 23.9 Å². The fourth-order valence-electron chi connectivity index (χ4n) is 1.96. The molecule has 2 aromatic rings. The molecule has 0 aliphatic rings. The van der Waals surface area contributed by atoms with Gasteiger partial charge < -0.3 is 9.47 Å². The Morgan fingerprint density at radius 1 is 1.15 bits per heavy atom. The monoisotopic (exact) mass is 295 g/mol. The van der Waals surface area contributed by atoms with E-state index in [1.165, 1.54) is 0 Å². The maximum absolute atomic E-state index is 6.26. The summed E-state index contributed by atoms with van der Waals surface area (Å²) in [6, 6.07) is 3.68. The lowest BCUT2D eigenvalue weighted by Gasteiger charge is -2.11. The van der Waals surface area contributed by atoms with E-state index in [9.17, 15) is 0 Å². The van der Waals surface area contributed by atoms with Crippen molar-refractivity contribution in [3.05, 3.63) is 34.6 Å². The minimum Gasteiger partial charge on any atom is -0.493 e. The van der Waals surface area contributed by atoms with Gasteiger partial charge in [0.25, 0.3) is 0 Å². The minimum absolute atomic E-state index is 0.637. The van der Waals surface area contributed by atoms with Gasteiger partial charge in [-0.2, -0.15) is 0 Å². The standard InChI is InChI=1S/C14H18ClN3O2/c1-4-18-9-11(16-17-18)6-5-10-7-13(19-2)14(20-3)8-12(10)15/h7-9H,4-6H2,1-3H3. The SMILES string of the molecule is CCn1cc(CCc2cc(OC)c(OC)cc2Cl)nn1. The maximum Gasteiger partial charge on any atom is 0.162 e. The first-order valence-corrected chi connectivity index (χ1v) is 6.85. The summed E-state index contributed by atoms with van der Waals surface area (Å²) in [5.74, 6) is 1.32. The third kappa shape index (κ3) is 3.22. The van der Waals surface area contributed by atoms with Crippen molar-refractivity contribution < 1.29 is 9.47 Å². The van der Waals surface area contributed by atoms with Gasteiger partial charge >= 0.3 is 0 Å². The molecule has 0 N–H and O–H groups in total. The lowest BCUT2D eigenvalue weighted by atomic mass is 10.1. The van der Waals surface area contributed by atoms with Crippen molar-refractivity contribution in [2.45, 2.75) is 26.3 Å². The minimum atomic E-state index is 0.637. The Morgan fingerprint density at radius 3 is 2.45 bits per heavy atom. The maximum atomic E-state index is 6.26. The molecule has 0 amide bonds. The molecule has 1 aromatic carbocycles. The molecule has 2 rings (SSSR count). The van der Waals surface area contributed by atoms with Gasteiger partial charge in [0.15, 0.2) is 11.5 Å². The van der Waals surface area contributed by atoms with Crippen molar-refractivity contribution in [3.63, 3.8) is 0 Å². The lowest BCUT2D eigenvalue weighted by Crippen LogP contribution is -1.97. The molecule has 0 aliphatic heterocycles. The third-order valence-corrected chi connectivity index (χ3v) is 3.47. The van der Waals surface area contributed by atoms with Gasteiger partial charge in [-0.25, -0.2) is 0 Å². The molecule has 1 aromatic heterocycles. The second kappa shape index (κ2) is 6.61. The van der Waals surface area contributed by atoms with Gasteiger partial charge in [-0.15, -0.1) is 5.10 Å². The summed E-state index contributed by atoms with van der Waals surface area (Å²) in [6.45, 7) is 2.85. The van der Waals surface area contributed by atoms with Gasteiger partial charge in [-0.1, -0.05) is 16.8 Å². The zero-order valence-electron chi connectivity index (χ0n) is 11.9. The zero-order chi connectivity index (χ0) is 14.5. The fraction of sp³-hybridized carbons (Fsp3) is 0.429. The number of nitrogens with zero attached hydrogens (tertiary/aromatic N) is 3. The molecule has 0 aliphatic carbocycles. The average Bonchev–Trinajstić information content (AvgIpc) is 2.93. The first kappa shape index (κ1) is 14.7. The van der Waals surface area contributed by atoms with E-state index in [2.05, 4.69) is 10.3 Å². The van der Waals surface area contributed by atoms with E-state index in [1.54, 1.807) is 20.3 Å². The Bertz CT molecular complexity index is 584. The van der Waals surface area contributed by atoms with Crippen LogP contribution >= 0.6 is 11.6 Å². The molecule has 0 unspecified atom stereocenters. The molecule has 0 saturated carbocycles. The summed E-state index contributed by atoms with van der Waals surface area (Å²) in [4.78, 5) is 0. The molecule has 1 heterocycles. The zero-order valence-corrected chi connectivity index (χ0v) is 12.6. The van der Waals surface area contributed by atoms with E-state index in [0.717, 1.165) is 30.6 Å². The van der Waals surface area contributed by atoms with Crippen LogP contribution in [0.15, 0.2) is 18.3 Å². The number of halogens is 1. The predicted octanol–water partition coefficient (Wildman–Crippen LogP) is 2.75. The Kier molecular flexibility index (Phi) is 4.84. The molecule has 0 bridgehead atoms. The highest BCUT2D eigenvalue weighted by molar-refractivity contribution is 6.31. The van der Waals surface area contributed by atoms with Gasteiger partial charge in [0, 0.05) is 23.8 Å². The van der Waals surface area contributed by atoms with Crippen LogP contribution in [0.5, 0.6) is 11.5 Å². The highest BCUT2D eigenvalue weighted by Crippen LogP contribution is 2.33. The Labute approximate surface area is 123 Å². The molecular weight excluding hydrogens is 278 g/mol. The van der Waals surface area contributed by atoms with Crippen LogP contribution < -0.4 is 9.47 Å². The van der Waals surface area contributed by atoms with E-state index in [-0.39, 0.29) is 0 Å². The van der Waals surface area contributed by atoms with Crippen molar-refractivity contribution in [1.29, 1.82) is 0 Å². The Morgan fingerprint density at radius 2 is 1.85 bits per heavy atom. The van der Waals surface area contributed by atoms with Gasteiger partial charge in [0.2, 0.25) is 0 Å². The first-order valence-electron chi connectivity index (χ1n) is 6.47. The highest BCUT2D eigenvalue weighted by Gasteiger charge is 2.10. The molecule has 0 saturated heterocycles. The number of aromatic nitrogens is 3. The summed E-state index contributed by atoms with van der Waals surface area (Å²) in [5, 5.41) is 8.81. The summed E-state index contributed by atoms with van der Waals surface area (Å²) in [5.41, 5.74) is 1.97. The largest absolute Gasteiger partial charge is 0.493 e. The smallest absolute Gasteiger partial charge is 0.162 e. The number of methoxy groups -OCH3 is 2. The second-order valence-electron chi connectivity index (χ2n) is 4.36. The first-order chi connectivity index (χ1) is 9.67. The molecule has 5 nitrogen and oxygen atoms in total. The number of aryl methyl sites for hydroxylation is 3. The van der Waals surface area contributed by atoms with Gasteiger partial charge in [-0.05, 0) is 31.4 Å². The Balaban J connectivity index is 2.12. The number of hydrogen-bond acceptors (Lipinski definition) is 4. The van der Waals surface area contributed by atoms with Crippen molar-refractivity contribution in [3.8, 4) is 11.5 Å². The van der Waals surface area contributed by atoms with E-state index < -0.39 is 0 Å². The van der Waals surface area contributed by atoms with Crippen LogP contribution in [-0.4, -0.2) is 29.2 Å². The number of rotatable bonds is 6. The van der Waals surface area contributed by atoms with Crippen LogP contribution in [0.3, 0.4) is 0 Å². The van der Waals surface area contributed by atoms with Gasteiger partial charge in [0.05, 0.1) is 19.9 Å². The number of hydrogen-bond donors (Lipinski definition) is 0. The van der Waals surface area contributed by atoms with Crippen LogP contribution in [-0.2, 0) is 19.4 Å². The van der Waals surface area contributed by atoms with Gasteiger partial charge in [0.1, 0.15) is 0 Å². The number of ether oxygens (including phenoxy) is 2. The van der Waals surface area contributed by atoms with Crippen molar-refractivity contribution in [2.75, 3.05) is 14.2 Å². The summed E-state index contributed by atoms with van der Waals surface area (Å²) >= 11 is 6.26. The van der Waals surface area contributed by atoms with Crippen molar-refractivity contribution in [1.82, 2.24) is 15.0 Å². The van der Waals surface area contributed by atoms with Crippen LogP contribution in [0, 0.1) is 0 Å². The predicted molar refractivity (Wildman–Crippen MR) is 77.7 cm³/mol. The fourth-order valence-corrected chi connectivity index (χ4v) is 2.21. The summed E-state index contributed by atoms with van der Waals surface area (Å²) < 4.78 is 12.3. The molecule has 20 heavy (non-hydrogen) atoms. The van der Waals surface area contributed by atoms with Crippen LogP contribution in [0.2, 0.25) is 5.02 Å². The summed E-state index contributed by atoms with van der Waals surface area (Å²) in [6.07, 6.45) is 3.52. The van der Waals surface area contributed by atoms with Crippen LogP contribution in [0.1, 0.15) is 18.2 Å². The molecule has 108 valence electrons. The molecule has 0 fully saturated rings. The topological polar surface area (TPSA) is 49.2 Å². The second-order valence-corrected chi connectivity index (χ2v) is 4.77. The lowest BCUT2D eigenvalue weighted by molar-refractivity contribution is 0.354. The average molecular weight is 296 g/mol. The molecular formula is C14H18ClN3O2. The van der Waals surface area contributed by atoms with Crippen molar-refractivity contribution in [2.24, 2.45) is 0 Å². The Hall–Kier alpha value is -1.75. The number of benzene rings is 1. The van der Waals surface area contributed by atoms with Crippen LogP contribution in [0.4, 0.5) is 0 Å². The normalized spacial score (nSPS) is 10.6. The van der Waals surface area contributed by atoms with Gasteiger partial charge in [-0.3, -0.25) is 4.68 Å². The molecule has 0 radical (unpaired) electrons. The van der Waals surface area contributed by atoms with Crippen LogP contribution in [0.25, 0.3) is 0 Å². The van der Waals surface area contributed by atoms with E-state index in [4.69, 9.17) is 21.1 Å². The van der Waals surface area contributed by atoms with Crippen molar-refractivity contribution >= 4 is 11.6 Å². The van der Waals surface area contributed by atoms with E-state index >= 15 is 0 Å². The quantitative estimate of drug-likeness (QED) is 0.822. The molecule has 0 spiro atoms. The summed E-state index contributed by atoms with van der Waals surface area (Å²) in [7, 11) is 3.21. The van der Waals surface area contributed by atoms with E-state index in [0.29, 0.717) is 16.5 Å². The molecule has 6 heteroatoms. The highest BCUT2D eigenvalue weighted by atomic mass is 35.5. The molecule has 0 atom stereocenters.